The first kappa shape index (κ1) is 18.9. The average molecular weight is 409 g/mol. The first-order valence-corrected chi connectivity index (χ1v) is 9.27. The van der Waals surface area contributed by atoms with Crippen LogP contribution in [0.25, 0.3) is 22.4 Å². The monoisotopic (exact) mass is 408 g/mol. The largest absolute Gasteiger partial charge is 0.467 e. The Labute approximate surface area is 171 Å². The molecule has 7 nitrogen and oxygen atoms in total. The van der Waals surface area contributed by atoms with Crippen molar-refractivity contribution in [3.63, 3.8) is 0 Å². The van der Waals surface area contributed by atoms with Gasteiger partial charge < -0.3 is 14.6 Å². The second kappa shape index (κ2) is 7.89. The van der Waals surface area contributed by atoms with Gasteiger partial charge in [-0.3, -0.25) is 4.79 Å². The highest BCUT2D eigenvalue weighted by atomic mass is 35.5. The predicted octanol–water partition coefficient (Wildman–Crippen LogP) is 4.57. The Kier molecular flexibility index (Phi) is 5.14. The Morgan fingerprint density at radius 1 is 1.14 bits per heavy atom. The lowest BCUT2D eigenvalue weighted by Crippen LogP contribution is -2.20. The number of carbonyl (C=O) groups excluding carboxylic acids is 1. The van der Waals surface area contributed by atoms with Crippen molar-refractivity contribution in [1.82, 2.24) is 15.1 Å². The number of benzene rings is 2. The minimum atomic E-state index is -0.341. The lowest BCUT2D eigenvalue weighted by Gasteiger charge is -2.09. The van der Waals surface area contributed by atoms with E-state index in [4.69, 9.17) is 20.9 Å². The standard InChI is InChI=1S/C21H17ClN4O3/c1-12-8-9-15(10-16(12)22)25-17(27)11-28-20-18-19(14-6-4-3-5-7-14)26-29-21(18)24-13(2)23-20/h3-10H,11H2,1-2H3,(H,25,27). The minimum Gasteiger partial charge on any atom is -0.467 e. The molecule has 0 spiro atoms. The molecular formula is C21H17ClN4O3. The molecule has 2 aromatic carbocycles. The number of hydrogen-bond acceptors (Lipinski definition) is 6. The van der Waals surface area contributed by atoms with Crippen LogP contribution in [0.4, 0.5) is 5.69 Å². The van der Waals surface area contributed by atoms with Gasteiger partial charge in [0.2, 0.25) is 5.88 Å². The summed E-state index contributed by atoms with van der Waals surface area (Å²) in [5, 5.41) is 7.96. The Morgan fingerprint density at radius 2 is 1.93 bits per heavy atom. The second-order valence-electron chi connectivity index (χ2n) is 6.45. The predicted molar refractivity (Wildman–Crippen MR) is 110 cm³/mol. The van der Waals surface area contributed by atoms with E-state index in [9.17, 15) is 4.79 Å². The van der Waals surface area contributed by atoms with Gasteiger partial charge in [-0.25, -0.2) is 0 Å². The molecule has 1 N–H and O–H groups in total. The molecule has 29 heavy (non-hydrogen) atoms. The molecule has 0 aliphatic carbocycles. The van der Waals surface area contributed by atoms with Gasteiger partial charge in [0.15, 0.2) is 6.61 Å². The van der Waals surface area contributed by atoms with Crippen LogP contribution < -0.4 is 10.1 Å². The quantitative estimate of drug-likeness (QED) is 0.520. The van der Waals surface area contributed by atoms with Gasteiger partial charge in [0, 0.05) is 16.3 Å². The number of rotatable bonds is 5. The van der Waals surface area contributed by atoms with E-state index in [-0.39, 0.29) is 18.4 Å². The zero-order chi connectivity index (χ0) is 20.4. The van der Waals surface area contributed by atoms with Crippen LogP contribution >= 0.6 is 11.6 Å². The number of nitrogens with one attached hydrogen (secondary N) is 1. The van der Waals surface area contributed by atoms with Crippen LogP contribution in [0.2, 0.25) is 5.02 Å². The molecule has 0 bridgehead atoms. The van der Waals surface area contributed by atoms with Gasteiger partial charge in [-0.1, -0.05) is 53.2 Å². The zero-order valence-corrected chi connectivity index (χ0v) is 16.5. The summed E-state index contributed by atoms with van der Waals surface area (Å²) in [4.78, 5) is 20.9. The van der Waals surface area contributed by atoms with Crippen LogP contribution in [-0.4, -0.2) is 27.6 Å². The third kappa shape index (κ3) is 4.05. The Hall–Kier alpha value is -3.45. The molecule has 0 aliphatic heterocycles. The zero-order valence-electron chi connectivity index (χ0n) is 15.8. The number of nitrogens with zero attached hydrogens (tertiary/aromatic N) is 3. The van der Waals surface area contributed by atoms with Gasteiger partial charge in [0.05, 0.1) is 0 Å². The molecule has 1 amide bonds. The van der Waals surface area contributed by atoms with Gasteiger partial charge in [0.25, 0.3) is 11.6 Å². The lowest BCUT2D eigenvalue weighted by molar-refractivity contribution is -0.118. The lowest BCUT2D eigenvalue weighted by atomic mass is 10.1. The summed E-state index contributed by atoms with van der Waals surface area (Å²) in [5.74, 6) is 0.353. The summed E-state index contributed by atoms with van der Waals surface area (Å²) < 4.78 is 11.1. The fraction of sp³-hybridized carbons (Fsp3) is 0.143. The number of aryl methyl sites for hydroxylation is 2. The summed E-state index contributed by atoms with van der Waals surface area (Å²) in [6, 6.07) is 14.8. The Bertz CT molecular complexity index is 1190. The van der Waals surface area contributed by atoms with Crippen molar-refractivity contribution < 1.29 is 14.1 Å². The van der Waals surface area contributed by atoms with Crippen LogP contribution in [0.3, 0.4) is 0 Å². The molecule has 0 radical (unpaired) electrons. The van der Waals surface area contributed by atoms with E-state index >= 15 is 0 Å². The van der Waals surface area contributed by atoms with E-state index < -0.39 is 0 Å². The van der Waals surface area contributed by atoms with E-state index in [0.717, 1.165) is 11.1 Å². The maximum absolute atomic E-state index is 12.3. The van der Waals surface area contributed by atoms with Crippen LogP contribution in [0.5, 0.6) is 5.88 Å². The molecule has 4 rings (SSSR count). The number of amides is 1. The molecule has 0 fully saturated rings. The average Bonchev–Trinajstić information content (AvgIpc) is 3.13. The normalized spacial score (nSPS) is 10.9. The molecule has 0 unspecified atom stereocenters. The van der Waals surface area contributed by atoms with E-state index in [1.807, 2.05) is 43.3 Å². The van der Waals surface area contributed by atoms with Gasteiger partial charge in [0.1, 0.15) is 16.9 Å². The van der Waals surface area contributed by atoms with Crippen LogP contribution in [0.1, 0.15) is 11.4 Å². The Morgan fingerprint density at radius 3 is 2.69 bits per heavy atom. The van der Waals surface area contributed by atoms with Gasteiger partial charge in [-0.2, -0.15) is 9.97 Å². The van der Waals surface area contributed by atoms with Gasteiger partial charge in [-0.15, -0.1) is 0 Å². The SMILES string of the molecule is Cc1nc(OCC(=O)Nc2ccc(C)c(Cl)c2)c2c(-c3ccccc3)noc2n1. The Balaban J connectivity index is 1.58. The van der Waals surface area contributed by atoms with E-state index in [2.05, 4.69) is 20.4 Å². The van der Waals surface area contributed by atoms with Crippen molar-refractivity contribution >= 4 is 34.3 Å². The number of fused-ring (bicyclic) bond motifs is 1. The number of aromatic nitrogens is 3. The van der Waals surface area contributed by atoms with E-state index in [0.29, 0.717) is 33.3 Å². The molecule has 0 saturated heterocycles. The molecule has 2 aromatic heterocycles. The number of ether oxygens (including phenoxy) is 1. The van der Waals surface area contributed by atoms with Crippen molar-refractivity contribution in [3.8, 4) is 17.1 Å². The maximum Gasteiger partial charge on any atom is 0.265 e. The fourth-order valence-electron chi connectivity index (χ4n) is 2.82. The summed E-state index contributed by atoms with van der Waals surface area (Å²) in [7, 11) is 0. The molecule has 146 valence electrons. The highest BCUT2D eigenvalue weighted by Crippen LogP contribution is 2.33. The highest BCUT2D eigenvalue weighted by molar-refractivity contribution is 6.31. The summed E-state index contributed by atoms with van der Waals surface area (Å²) in [6.07, 6.45) is 0. The summed E-state index contributed by atoms with van der Waals surface area (Å²) in [5.41, 5.74) is 3.22. The van der Waals surface area contributed by atoms with Crippen LogP contribution in [-0.2, 0) is 4.79 Å². The molecule has 2 heterocycles. The second-order valence-corrected chi connectivity index (χ2v) is 6.86. The van der Waals surface area contributed by atoms with Crippen LogP contribution in [0, 0.1) is 13.8 Å². The third-order valence-electron chi connectivity index (χ3n) is 4.26. The van der Waals surface area contributed by atoms with Crippen molar-refractivity contribution in [2.45, 2.75) is 13.8 Å². The van der Waals surface area contributed by atoms with E-state index in [1.165, 1.54) is 0 Å². The van der Waals surface area contributed by atoms with Crippen molar-refractivity contribution in [2.75, 3.05) is 11.9 Å². The first-order valence-electron chi connectivity index (χ1n) is 8.89. The van der Waals surface area contributed by atoms with Crippen molar-refractivity contribution in [3.05, 3.63) is 64.9 Å². The van der Waals surface area contributed by atoms with E-state index in [1.54, 1.807) is 19.1 Å². The number of halogens is 1. The fourth-order valence-corrected chi connectivity index (χ4v) is 3.00. The van der Waals surface area contributed by atoms with Gasteiger partial charge >= 0.3 is 0 Å². The minimum absolute atomic E-state index is 0.240. The molecule has 0 aliphatic rings. The van der Waals surface area contributed by atoms with Crippen molar-refractivity contribution in [2.24, 2.45) is 0 Å². The number of hydrogen-bond donors (Lipinski definition) is 1. The van der Waals surface area contributed by atoms with Gasteiger partial charge in [-0.05, 0) is 31.5 Å². The first-order chi connectivity index (χ1) is 14.0. The molecular weight excluding hydrogens is 392 g/mol. The van der Waals surface area contributed by atoms with Crippen molar-refractivity contribution in [1.29, 1.82) is 0 Å². The molecule has 8 heteroatoms. The third-order valence-corrected chi connectivity index (χ3v) is 4.66. The van der Waals surface area contributed by atoms with Crippen LogP contribution in [0.15, 0.2) is 53.1 Å². The summed E-state index contributed by atoms with van der Waals surface area (Å²) >= 11 is 6.10. The number of carbonyl (C=O) groups is 1. The highest BCUT2D eigenvalue weighted by Gasteiger charge is 2.19. The number of anilines is 1. The molecule has 0 atom stereocenters. The smallest absolute Gasteiger partial charge is 0.265 e. The summed E-state index contributed by atoms with van der Waals surface area (Å²) in [6.45, 7) is 3.37. The molecule has 4 aromatic rings. The molecule has 0 saturated carbocycles. The topological polar surface area (TPSA) is 90.1 Å². The maximum atomic E-state index is 12.3.